The van der Waals surface area contributed by atoms with Crippen LogP contribution in [0.25, 0.3) is 0 Å². The fourth-order valence-corrected chi connectivity index (χ4v) is 1.99. The van der Waals surface area contributed by atoms with E-state index < -0.39 is 0 Å². The number of nitrogens with one attached hydrogen (secondary N) is 2. The van der Waals surface area contributed by atoms with Crippen molar-refractivity contribution in [1.82, 2.24) is 15.5 Å². The third-order valence-corrected chi connectivity index (χ3v) is 2.57. The van der Waals surface area contributed by atoms with E-state index in [4.69, 9.17) is 0 Å². The molecule has 0 unspecified atom stereocenters. The summed E-state index contributed by atoms with van der Waals surface area (Å²) in [6.45, 7) is 9.44. The highest BCUT2D eigenvalue weighted by Crippen LogP contribution is 2.31. The molecule has 2 heterocycles. The fourth-order valence-electron chi connectivity index (χ4n) is 1.99. The average Bonchev–Trinajstić information content (AvgIpc) is 2.40. The van der Waals surface area contributed by atoms with Gasteiger partial charge in [-0.15, -0.1) is 0 Å². The molecule has 16 heavy (non-hydrogen) atoms. The third-order valence-electron chi connectivity index (χ3n) is 2.57. The maximum absolute atomic E-state index is 11.9. The molecule has 0 aromatic rings. The molecule has 5 heteroatoms. The van der Waals surface area contributed by atoms with Crippen molar-refractivity contribution in [2.45, 2.75) is 32.7 Å². The van der Waals surface area contributed by atoms with Crippen LogP contribution < -0.4 is 10.6 Å². The Balaban J connectivity index is 2.46. The van der Waals surface area contributed by atoms with Gasteiger partial charge in [0.2, 0.25) is 5.91 Å². The molecular formula is C11H15N3O2. The van der Waals surface area contributed by atoms with Crippen molar-refractivity contribution >= 4 is 11.8 Å². The highest BCUT2D eigenvalue weighted by Gasteiger charge is 2.41. The number of hydrogen-bond donors (Lipinski definition) is 2. The van der Waals surface area contributed by atoms with Gasteiger partial charge in [0, 0.05) is 5.54 Å². The van der Waals surface area contributed by atoms with Gasteiger partial charge in [-0.3, -0.25) is 14.5 Å². The molecule has 2 rings (SSSR count). The molecule has 0 saturated heterocycles. The van der Waals surface area contributed by atoms with Crippen LogP contribution in [-0.2, 0) is 9.59 Å². The van der Waals surface area contributed by atoms with Crippen molar-refractivity contribution in [2.24, 2.45) is 0 Å². The Kier molecular flexibility index (Phi) is 2.08. The van der Waals surface area contributed by atoms with Gasteiger partial charge in [0.05, 0.1) is 12.0 Å². The fraction of sp³-hybridized carbons (Fsp3) is 0.455. The summed E-state index contributed by atoms with van der Waals surface area (Å²) in [5.41, 5.74) is 0.145. The van der Waals surface area contributed by atoms with Crippen LogP contribution in [0.1, 0.15) is 27.2 Å². The molecule has 0 atom stereocenters. The molecule has 0 fully saturated rings. The first-order chi connectivity index (χ1) is 7.30. The van der Waals surface area contributed by atoms with Gasteiger partial charge in [-0.2, -0.15) is 0 Å². The van der Waals surface area contributed by atoms with E-state index >= 15 is 0 Å². The van der Waals surface area contributed by atoms with Crippen molar-refractivity contribution in [2.75, 3.05) is 0 Å². The van der Waals surface area contributed by atoms with Crippen LogP contribution in [0, 0.1) is 0 Å². The maximum Gasteiger partial charge on any atom is 0.256 e. The molecule has 0 saturated carbocycles. The zero-order valence-corrected chi connectivity index (χ0v) is 9.68. The Morgan fingerprint density at radius 3 is 2.44 bits per heavy atom. The van der Waals surface area contributed by atoms with Gasteiger partial charge in [0.25, 0.3) is 5.91 Å². The smallest absolute Gasteiger partial charge is 0.256 e. The van der Waals surface area contributed by atoms with Crippen LogP contribution in [-0.4, -0.2) is 22.3 Å². The van der Waals surface area contributed by atoms with Gasteiger partial charge >= 0.3 is 0 Å². The molecule has 2 aliphatic heterocycles. The number of rotatable bonds is 0. The van der Waals surface area contributed by atoms with E-state index in [-0.39, 0.29) is 23.8 Å². The summed E-state index contributed by atoms with van der Waals surface area (Å²) in [4.78, 5) is 25.1. The molecule has 2 N–H and O–H groups in total. The Hall–Kier alpha value is -1.78. The van der Waals surface area contributed by atoms with E-state index in [9.17, 15) is 9.59 Å². The predicted octanol–water partition coefficient (Wildman–Crippen LogP) is 0.419. The first-order valence-electron chi connectivity index (χ1n) is 5.14. The lowest BCUT2D eigenvalue weighted by Crippen LogP contribution is -2.48. The summed E-state index contributed by atoms with van der Waals surface area (Å²) in [6.07, 6.45) is 0.152. The molecule has 2 amide bonds. The molecular weight excluding hydrogens is 206 g/mol. The number of nitrogens with zero attached hydrogens (tertiary/aromatic N) is 1. The topological polar surface area (TPSA) is 61.4 Å². The summed E-state index contributed by atoms with van der Waals surface area (Å²) >= 11 is 0. The third kappa shape index (κ3) is 1.48. The quantitative estimate of drug-likeness (QED) is 0.623. The SMILES string of the molecule is C=C1NC(=O)C2=C(N1)N(C(C)(C)C)C(=O)C2. The van der Waals surface area contributed by atoms with Gasteiger partial charge in [0.15, 0.2) is 0 Å². The van der Waals surface area contributed by atoms with Crippen LogP contribution in [0.2, 0.25) is 0 Å². The molecule has 0 bridgehead atoms. The van der Waals surface area contributed by atoms with E-state index in [1.807, 2.05) is 20.8 Å². The number of amides is 2. The second-order valence-electron chi connectivity index (χ2n) is 4.96. The zero-order valence-electron chi connectivity index (χ0n) is 9.68. The summed E-state index contributed by atoms with van der Waals surface area (Å²) in [6, 6.07) is 0. The van der Waals surface area contributed by atoms with Gasteiger partial charge in [-0.25, -0.2) is 0 Å². The highest BCUT2D eigenvalue weighted by molar-refractivity contribution is 6.04. The summed E-state index contributed by atoms with van der Waals surface area (Å²) in [5.74, 6) is 0.688. The predicted molar refractivity (Wildman–Crippen MR) is 58.7 cm³/mol. The van der Waals surface area contributed by atoms with Crippen LogP contribution in [0.15, 0.2) is 23.8 Å². The van der Waals surface area contributed by atoms with Gasteiger partial charge < -0.3 is 10.6 Å². The lowest BCUT2D eigenvalue weighted by atomic mass is 10.1. The Labute approximate surface area is 94.2 Å². The highest BCUT2D eigenvalue weighted by atomic mass is 16.2. The van der Waals surface area contributed by atoms with Crippen molar-refractivity contribution < 1.29 is 9.59 Å². The standard InChI is InChI=1S/C11H15N3O2/c1-6-12-9-7(10(16)13-6)5-8(15)14(9)11(2,3)4/h12H,1,5H2,2-4H3,(H,13,16). The van der Waals surface area contributed by atoms with E-state index in [1.165, 1.54) is 0 Å². The molecule has 0 aromatic heterocycles. The van der Waals surface area contributed by atoms with Crippen LogP contribution >= 0.6 is 0 Å². The Morgan fingerprint density at radius 2 is 1.88 bits per heavy atom. The molecule has 5 nitrogen and oxygen atoms in total. The monoisotopic (exact) mass is 221 g/mol. The normalized spacial score (nSPS) is 20.9. The molecule has 0 spiro atoms. The van der Waals surface area contributed by atoms with Crippen LogP contribution in [0.5, 0.6) is 0 Å². The Bertz CT molecular complexity index is 429. The number of hydrogen-bond acceptors (Lipinski definition) is 3. The molecule has 2 aliphatic rings. The summed E-state index contributed by atoms with van der Waals surface area (Å²) in [5, 5.41) is 5.52. The zero-order chi connectivity index (χ0) is 12.1. The molecule has 0 aromatic carbocycles. The van der Waals surface area contributed by atoms with E-state index in [0.717, 1.165) is 0 Å². The minimum Gasteiger partial charge on any atom is -0.328 e. The molecule has 0 aliphatic carbocycles. The largest absolute Gasteiger partial charge is 0.328 e. The Morgan fingerprint density at radius 1 is 1.25 bits per heavy atom. The minimum absolute atomic E-state index is 0.0603. The van der Waals surface area contributed by atoms with E-state index in [1.54, 1.807) is 4.90 Å². The molecule has 86 valence electrons. The first kappa shape index (κ1) is 10.7. The van der Waals surface area contributed by atoms with Crippen LogP contribution in [0.3, 0.4) is 0 Å². The van der Waals surface area contributed by atoms with E-state index in [2.05, 4.69) is 17.2 Å². The first-order valence-corrected chi connectivity index (χ1v) is 5.14. The van der Waals surface area contributed by atoms with Gasteiger partial charge in [-0.05, 0) is 20.8 Å². The average molecular weight is 221 g/mol. The lowest BCUT2D eigenvalue weighted by molar-refractivity contribution is -0.131. The minimum atomic E-state index is -0.348. The van der Waals surface area contributed by atoms with Crippen molar-refractivity contribution in [3.8, 4) is 0 Å². The number of carbonyl (C=O) groups excluding carboxylic acids is 2. The lowest BCUT2D eigenvalue weighted by Gasteiger charge is -2.35. The second kappa shape index (κ2) is 3.10. The number of carbonyl (C=O) groups is 2. The second-order valence-corrected chi connectivity index (χ2v) is 4.96. The van der Waals surface area contributed by atoms with E-state index in [0.29, 0.717) is 17.2 Å². The van der Waals surface area contributed by atoms with Gasteiger partial charge in [-0.1, -0.05) is 6.58 Å². The van der Waals surface area contributed by atoms with Crippen LogP contribution in [0.4, 0.5) is 0 Å². The van der Waals surface area contributed by atoms with Crippen molar-refractivity contribution in [1.29, 1.82) is 0 Å². The van der Waals surface area contributed by atoms with Gasteiger partial charge in [0.1, 0.15) is 11.6 Å². The maximum atomic E-state index is 11.9. The molecule has 0 radical (unpaired) electrons. The van der Waals surface area contributed by atoms with Crippen molar-refractivity contribution in [3.05, 3.63) is 23.8 Å². The van der Waals surface area contributed by atoms with Crippen molar-refractivity contribution in [3.63, 3.8) is 0 Å². The summed E-state index contributed by atoms with van der Waals surface area (Å²) in [7, 11) is 0. The summed E-state index contributed by atoms with van der Waals surface area (Å²) < 4.78 is 0.